The highest BCUT2D eigenvalue weighted by Crippen LogP contribution is 2.40. The summed E-state index contributed by atoms with van der Waals surface area (Å²) in [6, 6.07) is 9.45. The topological polar surface area (TPSA) is 55.1 Å². The van der Waals surface area contributed by atoms with Gasteiger partial charge in [-0.1, -0.05) is 0 Å². The Balaban J connectivity index is 1.63. The van der Waals surface area contributed by atoms with Crippen LogP contribution in [0.2, 0.25) is 0 Å². The van der Waals surface area contributed by atoms with Crippen molar-refractivity contribution < 1.29 is 19.0 Å². The maximum Gasteiger partial charge on any atom is 0.128 e. The molecule has 0 radical (unpaired) electrons. The van der Waals surface area contributed by atoms with Crippen LogP contribution in [0.1, 0.15) is 23.8 Å². The Bertz CT molecular complexity index is 640. The molecule has 116 valence electrons. The van der Waals surface area contributed by atoms with Crippen LogP contribution in [0.5, 0.6) is 11.5 Å². The molecular formula is C17H19NO4. The molecule has 2 aliphatic heterocycles. The number of hydrogen-bond donors (Lipinski definition) is 1. The zero-order valence-corrected chi connectivity index (χ0v) is 12.3. The summed E-state index contributed by atoms with van der Waals surface area (Å²) in [6.07, 6.45) is 2.57. The van der Waals surface area contributed by atoms with Gasteiger partial charge in [-0.15, -0.1) is 0 Å². The van der Waals surface area contributed by atoms with Crippen LogP contribution >= 0.6 is 0 Å². The molecule has 1 aromatic heterocycles. The van der Waals surface area contributed by atoms with Crippen molar-refractivity contribution in [3.8, 4) is 11.5 Å². The van der Waals surface area contributed by atoms with E-state index in [2.05, 4.69) is 4.90 Å². The van der Waals surface area contributed by atoms with Gasteiger partial charge in [0.25, 0.3) is 0 Å². The first kappa shape index (κ1) is 13.7. The van der Waals surface area contributed by atoms with Crippen molar-refractivity contribution in [1.29, 1.82) is 0 Å². The number of hydrogen-bond acceptors (Lipinski definition) is 5. The molecule has 2 unspecified atom stereocenters. The highest BCUT2D eigenvalue weighted by Gasteiger charge is 2.37. The normalized spacial score (nSPS) is 24.9. The Kier molecular flexibility index (Phi) is 3.52. The molecular weight excluding hydrogens is 282 g/mol. The van der Waals surface area contributed by atoms with Gasteiger partial charge in [0, 0.05) is 24.2 Å². The molecule has 3 heterocycles. The molecule has 0 spiro atoms. The predicted molar refractivity (Wildman–Crippen MR) is 79.8 cm³/mol. The van der Waals surface area contributed by atoms with Gasteiger partial charge in [-0.3, -0.25) is 4.90 Å². The first-order valence-corrected chi connectivity index (χ1v) is 7.65. The molecule has 2 atom stereocenters. The highest BCUT2D eigenvalue weighted by molar-refractivity contribution is 5.42. The van der Waals surface area contributed by atoms with Gasteiger partial charge in [0.15, 0.2) is 0 Å². The second-order valence-corrected chi connectivity index (χ2v) is 5.77. The summed E-state index contributed by atoms with van der Waals surface area (Å²) in [5.74, 6) is 1.92. The van der Waals surface area contributed by atoms with E-state index in [0.29, 0.717) is 13.2 Å². The first-order chi connectivity index (χ1) is 10.8. The minimum Gasteiger partial charge on any atom is -0.508 e. The van der Waals surface area contributed by atoms with Crippen LogP contribution in [-0.2, 0) is 11.3 Å². The zero-order valence-electron chi connectivity index (χ0n) is 12.3. The number of phenols is 1. The molecule has 0 amide bonds. The first-order valence-electron chi connectivity index (χ1n) is 7.65. The molecule has 2 aromatic rings. The monoisotopic (exact) mass is 301 g/mol. The summed E-state index contributed by atoms with van der Waals surface area (Å²) in [7, 11) is 0. The van der Waals surface area contributed by atoms with E-state index in [1.807, 2.05) is 18.2 Å². The van der Waals surface area contributed by atoms with E-state index in [9.17, 15) is 5.11 Å². The van der Waals surface area contributed by atoms with Crippen molar-refractivity contribution in [2.75, 3.05) is 19.8 Å². The third kappa shape index (κ3) is 2.46. The van der Waals surface area contributed by atoms with Crippen LogP contribution in [0, 0.1) is 0 Å². The molecule has 0 bridgehead atoms. The molecule has 4 rings (SSSR count). The number of rotatable bonds is 2. The molecule has 5 nitrogen and oxygen atoms in total. The maximum absolute atomic E-state index is 9.66. The third-order valence-corrected chi connectivity index (χ3v) is 4.41. The van der Waals surface area contributed by atoms with Crippen molar-refractivity contribution in [2.24, 2.45) is 0 Å². The minimum absolute atomic E-state index is 0.0261. The summed E-state index contributed by atoms with van der Waals surface area (Å²) in [5.41, 5.74) is 1.02. The molecule has 0 saturated carbocycles. The Morgan fingerprint density at radius 2 is 2.18 bits per heavy atom. The van der Waals surface area contributed by atoms with Crippen molar-refractivity contribution in [3.05, 3.63) is 47.9 Å². The standard InChI is InChI=1S/C17H19NO4/c19-12-3-4-14-16(10-12)21-8-5-15-17(14)22-9-6-18(15)11-13-2-1-7-20-13/h1-4,7,10,15,17,19H,5-6,8-9,11H2. The van der Waals surface area contributed by atoms with Gasteiger partial charge in [0.05, 0.1) is 26.0 Å². The summed E-state index contributed by atoms with van der Waals surface area (Å²) >= 11 is 0. The number of aromatic hydroxyl groups is 1. The number of morpholine rings is 1. The van der Waals surface area contributed by atoms with Crippen LogP contribution in [-0.4, -0.2) is 35.8 Å². The van der Waals surface area contributed by atoms with Crippen LogP contribution in [0.4, 0.5) is 0 Å². The molecule has 1 aromatic carbocycles. The van der Waals surface area contributed by atoms with Crippen molar-refractivity contribution >= 4 is 0 Å². The smallest absolute Gasteiger partial charge is 0.128 e. The van der Waals surface area contributed by atoms with Crippen LogP contribution < -0.4 is 4.74 Å². The second-order valence-electron chi connectivity index (χ2n) is 5.77. The number of nitrogens with zero attached hydrogens (tertiary/aromatic N) is 1. The lowest BCUT2D eigenvalue weighted by Gasteiger charge is -2.40. The quantitative estimate of drug-likeness (QED) is 0.924. The van der Waals surface area contributed by atoms with E-state index in [1.54, 1.807) is 18.4 Å². The average Bonchev–Trinajstić information content (AvgIpc) is 2.95. The zero-order chi connectivity index (χ0) is 14.9. The van der Waals surface area contributed by atoms with E-state index in [0.717, 1.165) is 36.6 Å². The molecule has 5 heteroatoms. The summed E-state index contributed by atoms with van der Waals surface area (Å²) < 4.78 is 17.3. The number of benzene rings is 1. The van der Waals surface area contributed by atoms with Gasteiger partial charge in [0.2, 0.25) is 0 Å². The van der Waals surface area contributed by atoms with Gasteiger partial charge in [-0.25, -0.2) is 0 Å². The van der Waals surface area contributed by atoms with Crippen LogP contribution in [0.25, 0.3) is 0 Å². The number of ether oxygens (including phenoxy) is 2. The maximum atomic E-state index is 9.66. The third-order valence-electron chi connectivity index (χ3n) is 4.41. The lowest BCUT2D eigenvalue weighted by atomic mass is 9.97. The fourth-order valence-corrected chi connectivity index (χ4v) is 3.37. The predicted octanol–water partition coefficient (Wildman–Crippen LogP) is 2.71. The van der Waals surface area contributed by atoms with Gasteiger partial charge in [0.1, 0.15) is 23.4 Å². The Morgan fingerprint density at radius 3 is 3.05 bits per heavy atom. The molecule has 1 saturated heterocycles. The van der Waals surface area contributed by atoms with Gasteiger partial charge in [-0.2, -0.15) is 0 Å². The lowest BCUT2D eigenvalue weighted by molar-refractivity contribution is -0.0794. The molecule has 1 N–H and O–H groups in total. The number of fused-ring (bicyclic) bond motifs is 3. The van der Waals surface area contributed by atoms with Crippen molar-refractivity contribution in [3.63, 3.8) is 0 Å². The molecule has 22 heavy (non-hydrogen) atoms. The van der Waals surface area contributed by atoms with Crippen molar-refractivity contribution in [2.45, 2.75) is 25.1 Å². The fraction of sp³-hybridized carbons (Fsp3) is 0.412. The Hall–Kier alpha value is -1.98. The van der Waals surface area contributed by atoms with E-state index in [-0.39, 0.29) is 17.9 Å². The highest BCUT2D eigenvalue weighted by atomic mass is 16.5. The Morgan fingerprint density at radius 1 is 1.23 bits per heavy atom. The summed E-state index contributed by atoms with van der Waals surface area (Å²) in [5, 5.41) is 9.66. The summed E-state index contributed by atoms with van der Waals surface area (Å²) in [4.78, 5) is 2.40. The van der Waals surface area contributed by atoms with Gasteiger partial charge < -0.3 is 19.0 Å². The Labute approximate surface area is 129 Å². The second kappa shape index (κ2) is 5.66. The van der Waals surface area contributed by atoms with Crippen molar-refractivity contribution in [1.82, 2.24) is 4.90 Å². The molecule has 0 aliphatic carbocycles. The van der Waals surface area contributed by atoms with E-state index in [1.165, 1.54) is 0 Å². The summed E-state index contributed by atoms with van der Waals surface area (Å²) in [6.45, 7) is 2.97. The van der Waals surface area contributed by atoms with E-state index >= 15 is 0 Å². The fourth-order valence-electron chi connectivity index (χ4n) is 3.37. The molecule has 2 aliphatic rings. The average molecular weight is 301 g/mol. The van der Waals surface area contributed by atoms with Crippen LogP contribution in [0.15, 0.2) is 41.0 Å². The van der Waals surface area contributed by atoms with Gasteiger partial charge >= 0.3 is 0 Å². The van der Waals surface area contributed by atoms with E-state index < -0.39 is 0 Å². The number of furan rings is 1. The number of phenolic OH excluding ortho intramolecular Hbond substituents is 1. The largest absolute Gasteiger partial charge is 0.508 e. The SMILES string of the molecule is Oc1ccc2c(c1)OCCC1C2OCCN1Cc1ccco1. The van der Waals surface area contributed by atoms with E-state index in [4.69, 9.17) is 13.9 Å². The van der Waals surface area contributed by atoms with Gasteiger partial charge in [-0.05, 0) is 30.7 Å². The van der Waals surface area contributed by atoms with Crippen LogP contribution in [0.3, 0.4) is 0 Å². The lowest BCUT2D eigenvalue weighted by Crippen LogP contribution is -2.46. The minimum atomic E-state index is -0.0261. The molecule has 1 fully saturated rings.